The van der Waals surface area contributed by atoms with Gasteiger partial charge in [0.15, 0.2) is 0 Å². The lowest BCUT2D eigenvalue weighted by atomic mass is 9.80. The number of nitrogens with zero attached hydrogens (tertiary/aromatic N) is 1. The molecule has 2 aliphatic rings. The summed E-state index contributed by atoms with van der Waals surface area (Å²) in [6.07, 6.45) is 5.06. The number of aryl methyl sites for hydroxylation is 1. The van der Waals surface area contributed by atoms with Crippen molar-refractivity contribution in [3.63, 3.8) is 0 Å². The predicted molar refractivity (Wildman–Crippen MR) is 101 cm³/mol. The van der Waals surface area contributed by atoms with E-state index >= 15 is 0 Å². The minimum absolute atomic E-state index is 0.0124. The second kappa shape index (κ2) is 9.22. The maximum Gasteiger partial charge on any atom is 0.305 e. The van der Waals surface area contributed by atoms with Crippen LogP contribution in [0.15, 0.2) is 18.2 Å². The first-order chi connectivity index (χ1) is 13.1. The van der Waals surface area contributed by atoms with E-state index in [-0.39, 0.29) is 30.8 Å². The quantitative estimate of drug-likeness (QED) is 0.793. The molecule has 1 N–H and O–H groups in total. The maximum absolute atomic E-state index is 13.1. The van der Waals surface area contributed by atoms with Crippen LogP contribution in [0.5, 0.6) is 5.75 Å². The molecule has 0 radical (unpaired) electrons. The number of rotatable bonds is 7. The molecule has 1 atom stereocenters. The van der Waals surface area contributed by atoms with Gasteiger partial charge in [0.05, 0.1) is 13.5 Å². The third-order valence-electron chi connectivity index (χ3n) is 5.73. The Morgan fingerprint density at radius 2 is 2.04 bits per heavy atom. The van der Waals surface area contributed by atoms with Gasteiger partial charge in [-0.1, -0.05) is 6.07 Å². The lowest BCUT2D eigenvalue weighted by molar-refractivity contribution is -0.140. The summed E-state index contributed by atoms with van der Waals surface area (Å²) in [4.78, 5) is 26.0. The van der Waals surface area contributed by atoms with Crippen LogP contribution >= 0.6 is 0 Å². The highest BCUT2D eigenvalue weighted by Crippen LogP contribution is 2.36. The molecule has 6 nitrogen and oxygen atoms in total. The van der Waals surface area contributed by atoms with Crippen LogP contribution in [0.3, 0.4) is 0 Å². The molecule has 1 aromatic carbocycles. The van der Waals surface area contributed by atoms with Crippen molar-refractivity contribution in [2.45, 2.75) is 56.9 Å². The molecule has 0 spiro atoms. The molecule has 6 heteroatoms. The van der Waals surface area contributed by atoms with Crippen molar-refractivity contribution >= 4 is 11.9 Å². The fraction of sp³-hybridized carbons (Fsp3) is 0.619. The Hall–Kier alpha value is -2.08. The molecule has 1 amide bonds. The van der Waals surface area contributed by atoms with E-state index in [4.69, 9.17) is 14.6 Å². The summed E-state index contributed by atoms with van der Waals surface area (Å²) in [7, 11) is 1.67. The lowest BCUT2D eigenvalue weighted by Gasteiger charge is -2.35. The van der Waals surface area contributed by atoms with Crippen molar-refractivity contribution in [3.8, 4) is 5.75 Å². The normalized spacial score (nSPS) is 20.0. The van der Waals surface area contributed by atoms with E-state index in [1.54, 1.807) is 12.0 Å². The van der Waals surface area contributed by atoms with Gasteiger partial charge in [0, 0.05) is 32.2 Å². The zero-order valence-corrected chi connectivity index (χ0v) is 16.0. The van der Waals surface area contributed by atoms with Crippen molar-refractivity contribution in [1.82, 2.24) is 4.90 Å². The SMILES string of the molecule is COc1ccc2c(c1)CCC[C@H]2CC(=O)N(CCC(=O)O)C1CCOCC1. The number of fused-ring (bicyclic) bond motifs is 1. The number of methoxy groups -OCH3 is 1. The van der Waals surface area contributed by atoms with Gasteiger partial charge in [0.2, 0.25) is 5.91 Å². The van der Waals surface area contributed by atoms with Crippen molar-refractivity contribution in [2.75, 3.05) is 26.9 Å². The number of carboxylic acids is 1. The Kier molecular flexibility index (Phi) is 6.72. The molecule has 0 aromatic heterocycles. The van der Waals surface area contributed by atoms with Crippen molar-refractivity contribution in [1.29, 1.82) is 0 Å². The van der Waals surface area contributed by atoms with Crippen LogP contribution in [-0.2, 0) is 20.7 Å². The molecule has 1 saturated heterocycles. The van der Waals surface area contributed by atoms with E-state index in [9.17, 15) is 9.59 Å². The number of amides is 1. The summed E-state index contributed by atoms with van der Waals surface area (Å²) in [6, 6.07) is 6.21. The summed E-state index contributed by atoms with van der Waals surface area (Å²) in [6.45, 7) is 1.54. The second-order valence-electron chi connectivity index (χ2n) is 7.43. The molecule has 27 heavy (non-hydrogen) atoms. The number of benzene rings is 1. The van der Waals surface area contributed by atoms with Crippen molar-refractivity contribution in [2.24, 2.45) is 0 Å². The van der Waals surface area contributed by atoms with Crippen LogP contribution in [-0.4, -0.2) is 54.8 Å². The molecule has 0 bridgehead atoms. The van der Waals surface area contributed by atoms with Gasteiger partial charge in [-0.05, 0) is 61.3 Å². The van der Waals surface area contributed by atoms with Crippen molar-refractivity contribution in [3.05, 3.63) is 29.3 Å². The van der Waals surface area contributed by atoms with Crippen LogP contribution in [0, 0.1) is 0 Å². The summed E-state index contributed by atoms with van der Waals surface area (Å²) in [5, 5.41) is 9.07. The number of ether oxygens (including phenoxy) is 2. The zero-order chi connectivity index (χ0) is 19.2. The van der Waals surface area contributed by atoms with E-state index in [0.717, 1.165) is 37.9 Å². The summed E-state index contributed by atoms with van der Waals surface area (Å²) < 4.78 is 10.7. The molecule has 0 unspecified atom stereocenters. The Labute approximate surface area is 160 Å². The second-order valence-corrected chi connectivity index (χ2v) is 7.43. The van der Waals surface area contributed by atoms with Crippen LogP contribution < -0.4 is 4.74 Å². The number of carbonyl (C=O) groups excluding carboxylic acids is 1. The topological polar surface area (TPSA) is 76.1 Å². The van der Waals surface area contributed by atoms with Gasteiger partial charge in [-0.25, -0.2) is 0 Å². The largest absolute Gasteiger partial charge is 0.497 e. The minimum Gasteiger partial charge on any atom is -0.497 e. The number of aliphatic carboxylic acids is 1. The van der Waals surface area contributed by atoms with Crippen molar-refractivity contribution < 1.29 is 24.2 Å². The summed E-state index contributed by atoms with van der Waals surface area (Å²) >= 11 is 0. The van der Waals surface area contributed by atoms with E-state index in [1.807, 2.05) is 6.07 Å². The highest BCUT2D eigenvalue weighted by Gasteiger charge is 2.30. The Morgan fingerprint density at radius 3 is 2.74 bits per heavy atom. The number of hydrogen-bond acceptors (Lipinski definition) is 4. The molecule has 148 valence electrons. The highest BCUT2D eigenvalue weighted by molar-refractivity contribution is 5.78. The fourth-order valence-electron chi connectivity index (χ4n) is 4.28. The molecule has 1 aliphatic carbocycles. The average Bonchev–Trinajstić information content (AvgIpc) is 2.68. The van der Waals surface area contributed by atoms with E-state index in [2.05, 4.69) is 12.1 Å². The van der Waals surface area contributed by atoms with Gasteiger partial charge in [0.1, 0.15) is 5.75 Å². The zero-order valence-electron chi connectivity index (χ0n) is 16.0. The highest BCUT2D eigenvalue weighted by atomic mass is 16.5. The van der Waals surface area contributed by atoms with Gasteiger partial charge < -0.3 is 19.5 Å². The maximum atomic E-state index is 13.1. The Morgan fingerprint density at radius 1 is 1.26 bits per heavy atom. The average molecular weight is 375 g/mol. The van der Waals surface area contributed by atoms with Crippen LogP contribution in [0.4, 0.5) is 0 Å². The van der Waals surface area contributed by atoms with E-state index < -0.39 is 5.97 Å². The van der Waals surface area contributed by atoms with E-state index in [1.165, 1.54) is 11.1 Å². The predicted octanol–water partition coefficient (Wildman–Crippen LogP) is 2.99. The number of carboxylic acid groups (broad SMARTS) is 1. The van der Waals surface area contributed by atoms with Crippen LogP contribution in [0.25, 0.3) is 0 Å². The molecule has 1 aromatic rings. The van der Waals surface area contributed by atoms with Crippen LogP contribution in [0.1, 0.15) is 55.6 Å². The van der Waals surface area contributed by atoms with Gasteiger partial charge in [0.25, 0.3) is 0 Å². The van der Waals surface area contributed by atoms with Gasteiger partial charge in [-0.3, -0.25) is 9.59 Å². The lowest BCUT2D eigenvalue weighted by Crippen LogP contribution is -2.45. The fourth-order valence-corrected chi connectivity index (χ4v) is 4.28. The first kappa shape index (κ1) is 19.7. The standard InChI is InChI=1S/C21H29NO5/c1-26-18-5-6-19-15(13-18)3-2-4-16(19)14-20(23)22(10-7-21(24)25)17-8-11-27-12-9-17/h5-6,13,16-17H,2-4,7-12,14H2,1H3,(H,24,25)/t16-/m0/s1. The van der Waals surface area contributed by atoms with E-state index in [0.29, 0.717) is 19.6 Å². The Bertz CT molecular complexity index is 669. The third-order valence-corrected chi connectivity index (χ3v) is 5.73. The van der Waals surface area contributed by atoms with Gasteiger partial charge >= 0.3 is 5.97 Å². The molecule has 1 aliphatic heterocycles. The third kappa shape index (κ3) is 5.01. The van der Waals surface area contributed by atoms with Gasteiger partial charge in [-0.15, -0.1) is 0 Å². The minimum atomic E-state index is -0.866. The first-order valence-electron chi connectivity index (χ1n) is 9.84. The number of carbonyl (C=O) groups is 2. The molecule has 0 saturated carbocycles. The molecule has 1 fully saturated rings. The number of hydrogen-bond donors (Lipinski definition) is 1. The first-order valence-corrected chi connectivity index (χ1v) is 9.84. The molecular weight excluding hydrogens is 346 g/mol. The summed E-state index contributed by atoms with van der Waals surface area (Å²) in [5.74, 6) is 0.247. The summed E-state index contributed by atoms with van der Waals surface area (Å²) in [5.41, 5.74) is 2.50. The monoisotopic (exact) mass is 375 g/mol. The smallest absolute Gasteiger partial charge is 0.305 e. The van der Waals surface area contributed by atoms with Gasteiger partial charge in [-0.2, -0.15) is 0 Å². The Balaban J connectivity index is 1.72. The molecule has 1 heterocycles. The van der Waals surface area contributed by atoms with Crippen LogP contribution in [0.2, 0.25) is 0 Å². The molecular formula is C21H29NO5. The molecule has 3 rings (SSSR count).